The third-order valence-corrected chi connectivity index (χ3v) is 3.20. The van der Waals surface area contributed by atoms with Crippen molar-refractivity contribution in [1.82, 2.24) is 15.5 Å². The van der Waals surface area contributed by atoms with Crippen LogP contribution < -0.4 is 5.32 Å². The van der Waals surface area contributed by atoms with Crippen molar-refractivity contribution in [2.24, 2.45) is 0 Å². The fourth-order valence-electron chi connectivity index (χ4n) is 1.47. The van der Waals surface area contributed by atoms with Gasteiger partial charge >= 0.3 is 0 Å². The van der Waals surface area contributed by atoms with Crippen LogP contribution in [0.4, 0.5) is 0 Å². The summed E-state index contributed by atoms with van der Waals surface area (Å²) in [6.45, 7) is 4.37. The Morgan fingerprint density at radius 1 is 1.29 bits per heavy atom. The van der Waals surface area contributed by atoms with Gasteiger partial charge in [-0.3, -0.25) is 4.79 Å². The van der Waals surface area contributed by atoms with Crippen molar-refractivity contribution in [3.8, 4) is 0 Å². The van der Waals surface area contributed by atoms with E-state index in [1.54, 1.807) is 13.0 Å². The van der Waals surface area contributed by atoms with Gasteiger partial charge in [-0.15, -0.1) is 0 Å². The third-order valence-electron chi connectivity index (χ3n) is 2.44. The van der Waals surface area contributed by atoms with Gasteiger partial charge in [-0.1, -0.05) is 29.0 Å². The number of hydrogen-bond acceptors (Lipinski definition) is 3. The number of halogens is 1. The zero-order valence-electron chi connectivity index (χ0n) is 10.3. The highest BCUT2D eigenvalue weighted by Gasteiger charge is 2.09. The van der Waals surface area contributed by atoms with Crippen LogP contribution in [0.3, 0.4) is 0 Å². The Morgan fingerprint density at radius 2 is 2.06 bits per heavy atom. The van der Waals surface area contributed by atoms with Crippen LogP contribution in [-0.4, -0.2) is 27.1 Å². The predicted octanol–water partition coefficient (Wildman–Crippen LogP) is 2.43. The van der Waals surface area contributed by atoms with Gasteiger partial charge in [0.1, 0.15) is 0 Å². The van der Waals surface area contributed by atoms with Crippen molar-refractivity contribution in [3.05, 3.63) is 23.0 Å². The first kappa shape index (κ1) is 14.3. The average molecular weight is 347 g/mol. The molecular weight excluding hydrogens is 329 g/mol. The minimum atomic E-state index is -0.0463. The fourth-order valence-corrected chi connectivity index (χ4v) is 2.01. The van der Waals surface area contributed by atoms with Crippen LogP contribution >= 0.6 is 22.6 Å². The van der Waals surface area contributed by atoms with E-state index in [1.807, 2.05) is 6.92 Å². The number of alkyl halides is 1. The Balaban J connectivity index is 2.44. The van der Waals surface area contributed by atoms with Crippen molar-refractivity contribution in [1.29, 1.82) is 0 Å². The van der Waals surface area contributed by atoms with Gasteiger partial charge < -0.3 is 5.32 Å². The van der Waals surface area contributed by atoms with Crippen LogP contribution in [0.1, 0.15) is 41.0 Å². The molecule has 0 saturated carbocycles. The summed E-state index contributed by atoms with van der Waals surface area (Å²) in [6.07, 6.45) is 3.41. The molecule has 0 spiro atoms. The number of aryl methyl sites for hydroxylation is 2. The monoisotopic (exact) mass is 347 g/mol. The number of carbonyl (C=O) groups is 1. The number of nitrogens with zero attached hydrogens (tertiary/aromatic N) is 2. The van der Waals surface area contributed by atoms with Gasteiger partial charge in [-0.25, -0.2) is 0 Å². The molecule has 0 aromatic carbocycles. The van der Waals surface area contributed by atoms with E-state index in [0.717, 1.165) is 25.1 Å². The van der Waals surface area contributed by atoms with Crippen molar-refractivity contribution in [2.75, 3.05) is 11.0 Å². The standard InChI is InChI=1S/C12H18IN3O/c1-9-8-11(10(2)16-15-9)12(17)14-7-5-3-4-6-13/h8H,3-7H2,1-2H3,(H,14,17). The minimum Gasteiger partial charge on any atom is -0.352 e. The summed E-state index contributed by atoms with van der Waals surface area (Å²) in [4.78, 5) is 11.9. The molecule has 0 unspecified atom stereocenters. The Morgan fingerprint density at radius 3 is 2.76 bits per heavy atom. The molecular formula is C12H18IN3O. The quantitative estimate of drug-likeness (QED) is 0.489. The highest BCUT2D eigenvalue weighted by molar-refractivity contribution is 14.1. The Hall–Kier alpha value is -0.720. The molecule has 0 saturated heterocycles. The molecule has 0 aliphatic heterocycles. The van der Waals surface area contributed by atoms with Gasteiger partial charge in [-0.05, 0) is 37.2 Å². The molecule has 4 nitrogen and oxygen atoms in total. The Bertz CT molecular complexity index is 382. The maximum Gasteiger partial charge on any atom is 0.253 e. The maximum absolute atomic E-state index is 11.9. The van der Waals surface area contributed by atoms with E-state index < -0.39 is 0 Å². The first-order valence-electron chi connectivity index (χ1n) is 5.80. The summed E-state index contributed by atoms with van der Waals surface area (Å²) < 4.78 is 1.18. The lowest BCUT2D eigenvalue weighted by atomic mass is 10.2. The minimum absolute atomic E-state index is 0.0463. The molecule has 1 N–H and O–H groups in total. The zero-order chi connectivity index (χ0) is 12.7. The van der Waals surface area contributed by atoms with Gasteiger partial charge in [-0.2, -0.15) is 10.2 Å². The normalized spacial score (nSPS) is 10.3. The van der Waals surface area contributed by atoms with Gasteiger partial charge in [0.15, 0.2) is 0 Å². The second-order valence-electron chi connectivity index (χ2n) is 3.99. The SMILES string of the molecule is Cc1cc(C(=O)NCCCCCI)c(C)nn1. The highest BCUT2D eigenvalue weighted by Crippen LogP contribution is 2.05. The molecule has 5 heteroatoms. The van der Waals surface area contributed by atoms with Crippen LogP contribution in [0.2, 0.25) is 0 Å². The number of nitrogens with one attached hydrogen (secondary N) is 1. The molecule has 94 valence electrons. The van der Waals surface area contributed by atoms with Crippen molar-refractivity contribution in [3.63, 3.8) is 0 Å². The molecule has 0 radical (unpaired) electrons. The van der Waals surface area contributed by atoms with Gasteiger partial charge in [0.25, 0.3) is 5.91 Å². The number of unbranched alkanes of at least 4 members (excludes halogenated alkanes) is 2. The van der Waals surface area contributed by atoms with E-state index in [2.05, 4.69) is 38.1 Å². The fraction of sp³-hybridized carbons (Fsp3) is 0.583. The Kier molecular flexibility index (Phi) is 6.39. The molecule has 1 rings (SSSR count). The first-order valence-corrected chi connectivity index (χ1v) is 7.33. The molecule has 1 aromatic heterocycles. The summed E-state index contributed by atoms with van der Waals surface area (Å²) in [7, 11) is 0. The molecule has 1 heterocycles. The van der Waals surface area contributed by atoms with Crippen molar-refractivity contribution in [2.45, 2.75) is 33.1 Å². The molecule has 0 aliphatic rings. The van der Waals surface area contributed by atoms with E-state index in [4.69, 9.17) is 0 Å². The lowest BCUT2D eigenvalue weighted by Crippen LogP contribution is -2.25. The lowest BCUT2D eigenvalue weighted by Gasteiger charge is -2.07. The van der Waals surface area contributed by atoms with Crippen molar-refractivity contribution >= 4 is 28.5 Å². The predicted molar refractivity (Wildman–Crippen MR) is 76.6 cm³/mol. The smallest absolute Gasteiger partial charge is 0.253 e. The summed E-state index contributed by atoms with van der Waals surface area (Å²) in [6, 6.07) is 1.78. The summed E-state index contributed by atoms with van der Waals surface area (Å²) in [5.74, 6) is -0.0463. The van der Waals surface area contributed by atoms with E-state index in [0.29, 0.717) is 11.3 Å². The van der Waals surface area contributed by atoms with Crippen LogP contribution in [0.15, 0.2) is 6.07 Å². The molecule has 0 bridgehead atoms. The highest BCUT2D eigenvalue weighted by atomic mass is 127. The van der Waals surface area contributed by atoms with Crippen LogP contribution in [0.25, 0.3) is 0 Å². The Labute approximate surface area is 116 Å². The molecule has 17 heavy (non-hydrogen) atoms. The van der Waals surface area contributed by atoms with E-state index in [9.17, 15) is 4.79 Å². The molecule has 1 aromatic rings. The van der Waals surface area contributed by atoms with Crippen molar-refractivity contribution < 1.29 is 4.79 Å². The summed E-state index contributed by atoms with van der Waals surface area (Å²) in [5.41, 5.74) is 2.08. The number of rotatable bonds is 6. The topological polar surface area (TPSA) is 54.9 Å². The number of hydrogen-bond donors (Lipinski definition) is 1. The summed E-state index contributed by atoms with van der Waals surface area (Å²) in [5, 5.41) is 10.8. The molecule has 0 fully saturated rings. The van der Waals surface area contributed by atoms with E-state index in [1.165, 1.54) is 10.8 Å². The van der Waals surface area contributed by atoms with Gasteiger partial charge in [0.05, 0.1) is 17.0 Å². The van der Waals surface area contributed by atoms with Gasteiger partial charge in [0.2, 0.25) is 0 Å². The van der Waals surface area contributed by atoms with Gasteiger partial charge in [0, 0.05) is 6.54 Å². The average Bonchev–Trinajstić information content (AvgIpc) is 2.32. The third kappa shape index (κ3) is 4.97. The van der Waals surface area contributed by atoms with Crippen LogP contribution in [0, 0.1) is 13.8 Å². The van der Waals surface area contributed by atoms with Crippen LogP contribution in [0.5, 0.6) is 0 Å². The van der Waals surface area contributed by atoms with E-state index >= 15 is 0 Å². The second kappa shape index (κ2) is 7.58. The number of amides is 1. The lowest BCUT2D eigenvalue weighted by molar-refractivity contribution is 0.0951. The molecule has 0 aliphatic carbocycles. The molecule has 1 amide bonds. The maximum atomic E-state index is 11.9. The number of carbonyl (C=O) groups excluding carboxylic acids is 1. The summed E-state index contributed by atoms with van der Waals surface area (Å²) >= 11 is 2.37. The van der Waals surface area contributed by atoms with E-state index in [-0.39, 0.29) is 5.91 Å². The van der Waals surface area contributed by atoms with Crippen LogP contribution in [-0.2, 0) is 0 Å². The largest absolute Gasteiger partial charge is 0.352 e. The zero-order valence-corrected chi connectivity index (χ0v) is 12.5. The molecule has 0 atom stereocenters. The first-order chi connectivity index (χ1) is 8.15. The second-order valence-corrected chi connectivity index (χ2v) is 5.07. The number of aromatic nitrogens is 2.